The molecule has 0 saturated heterocycles. The minimum atomic E-state index is -0.921. The molecule has 1 saturated carbocycles. The van der Waals surface area contributed by atoms with E-state index in [0.29, 0.717) is 18.4 Å². The first-order chi connectivity index (χ1) is 10.0. The summed E-state index contributed by atoms with van der Waals surface area (Å²) in [5.41, 5.74) is -0.339. The predicted octanol–water partition coefficient (Wildman–Crippen LogP) is 2.74. The van der Waals surface area contributed by atoms with E-state index >= 15 is 0 Å². The topological polar surface area (TPSA) is 66.4 Å². The van der Waals surface area contributed by atoms with Gasteiger partial charge in [0.1, 0.15) is 5.82 Å². The molecule has 1 fully saturated rings. The van der Waals surface area contributed by atoms with Gasteiger partial charge in [0, 0.05) is 11.6 Å². The third kappa shape index (κ3) is 4.15. The second-order valence-corrected chi connectivity index (χ2v) is 5.40. The monoisotopic (exact) mass is 291 g/mol. The minimum Gasteiger partial charge on any atom is -0.481 e. The van der Waals surface area contributed by atoms with Gasteiger partial charge >= 0.3 is 5.97 Å². The summed E-state index contributed by atoms with van der Waals surface area (Å²) in [4.78, 5) is 22.9. The summed E-state index contributed by atoms with van der Waals surface area (Å²) >= 11 is 0. The molecule has 1 aliphatic carbocycles. The van der Waals surface area contributed by atoms with Gasteiger partial charge in [-0.15, -0.1) is 0 Å². The lowest BCUT2D eigenvalue weighted by Crippen LogP contribution is -2.47. The molecule has 0 spiro atoms. The van der Waals surface area contributed by atoms with E-state index in [1.54, 1.807) is 18.2 Å². The Hall–Kier alpha value is -2.17. The number of halogens is 1. The van der Waals surface area contributed by atoms with Crippen LogP contribution in [0.5, 0.6) is 0 Å². The van der Waals surface area contributed by atoms with Gasteiger partial charge in [-0.3, -0.25) is 9.59 Å². The van der Waals surface area contributed by atoms with E-state index in [-0.39, 0.29) is 12.3 Å². The van der Waals surface area contributed by atoms with Crippen LogP contribution in [0, 0.1) is 5.82 Å². The molecule has 2 rings (SSSR count). The van der Waals surface area contributed by atoms with Crippen LogP contribution in [-0.4, -0.2) is 22.5 Å². The van der Waals surface area contributed by atoms with Gasteiger partial charge in [-0.25, -0.2) is 4.39 Å². The first-order valence-corrected chi connectivity index (χ1v) is 6.97. The fraction of sp³-hybridized carbons (Fsp3) is 0.375. The quantitative estimate of drug-likeness (QED) is 0.820. The van der Waals surface area contributed by atoms with Crippen LogP contribution in [0.25, 0.3) is 6.08 Å². The zero-order valence-corrected chi connectivity index (χ0v) is 11.6. The lowest BCUT2D eigenvalue weighted by Gasteiger charge is -2.28. The number of nitrogens with one attached hydrogen (secondary N) is 1. The van der Waals surface area contributed by atoms with E-state index in [9.17, 15) is 14.0 Å². The molecule has 1 aromatic rings. The fourth-order valence-electron chi connectivity index (χ4n) is 2.77. The van der Waals surface area contributed by atoms with Crippen LogP contribution in [-0.2, 0) is 9.59 Å². The van der Waals surface area contributed by atoms with Crippen molar-refractivity contribution in [1.29, 1.82) is 0 Å². The van der Waals surface area contributed by atoms with E-state index in [4.69, 9.17) is 5.11 Å². The second kappa shape index (κ2) is 6.52. The average Bonchev–Trinajstić information content (AvgIpc) is 2.85. The van der Waals surface area contributed by atoms with Crippen molar-refractivity contribution >= 4 is 18.0 Å². The highest BCUT2D eigenvalue weighted by molar-refractivity contribution is 5.92. The van der Waals surface area contributed by atoms with Gasteiger partial charge < -0.3 is 10.4 Å². The molecule has 1 aromatic carbocycles. The Morgan fingerprint density at radius 2 is 1.95 bits per heavy atom. The van der Waals surface area contributed by atoms with E-state index in [2.05, 4.69) is 5.32 Å². The summed E-state index contributed by atoms with van der Waals surface area (Å²) in [6.07, 6.45) is 5.72. The van der Waals surface area contributed by atoms with Gasteiger partial charge in [0.05, 0.1) is 12.0 Å². The minimum absolute atomic E-state index is 0.0771. The Morgan fingerprint density at radius 1 is 1.29 bits per heavy atom. The number of amides is 1. The molecule has 0 aromatic heterocycles. The SMILES string of the molecule is O=C(O)CC1(NC(=O)C=Cc2ccccc2F)CCCC1. The van der Waals surface area contributed by atoms with E-state index in [1.165, 1.54) is 18.2 Å². The van der Waals surface area contributed by atoms with Gasteiger partial charge in [0.2, 0.25) is 5.91 Å². The van der Waals surface area contributed by atoms with Crippen LogP contribution in [0.15, 0.2) is 30.3 Å². The van der Waals surface area contributed by atoms with Crippen molar-refractivity contribution in [3.05, 3.63) is 41.7 Å². The lowest BCUT2D eigenvalue weighted by molar-refractivity contribution is -0.139. The number of aliphatic carboxylic acids is 1. The van der Waals surface area contributed by atoms with Crippen molar-refractivity contribution in [3.63, 3.8) is 0 Å². The fourth-order valence-corrected chi connectivity index (χ4v) is 2.77. The van der Waals surface area contributed by atoms with Gasteiger partial charge in [0.15, 0.2) is 0 Å². The number of benzene rings is 1. The van der Waals surface area contributed by atoms with Crippen LogP contribution in [0.3, 0.4) is 0 Å². The molecule has 21 heavy (non-hydrogen) atoms. The maximum Gasteiger partial charge on any atom is 0.305 e. The van der Waals surface area contributed by atoms with Gasteiger partial charge in [-0.1, -0.05) is 31.0 Å². The molecule has 5 heteroatoms. The Labute approximate surface area is 122 Å². The smallest absolute Gasteiger partial charge is 0.305 e. The highest BCUT2D eigenvalue weighted by atomic mass is 19.1. The highest BCUT2D eigenvalue weighted by Crippen LogP contribution is 2.32. The zero-order chi connectivity index (χ0) is 15.3. The molecular weight excluding hydrogens is 273 g/mol. The number of carbonyl (C=O) groups excluding carboxylic acids is 1. The summed E-state index contributed by atoms with van der Waals surface area (Å²) in [5.74, 6) is -1.71. The molecule has 4 nitrogen and oxygen atoms in total. The molecule has 1 aliphatic rings. The third-order valence-electron chi connectivity index (χ3n) is 3.76. The Balaban J connectivity index is 2.03. The van der Waals surface area contributed by atoms with Crippen LogP contribution in [0.4, 0.5) is 4.39 Å². The normalized spacial score (nSPS) is 17.0. The van der Waals surface area contributed by atoms with Crippen molar-refractivity contribution in [1.82, 2.24) is 5.32 Å². The molecule has 2 N–H and O–H groups in total. The summed E-state index contributed by atoms with van der Waals surface area (Å²) in [5, 5.41) is 11.8. The molecule has 0 unspecified atom stereocenters. The van der Waals surface area contributed by atoms with Gasteiger partial charge in [-0.2, -0.15) is 0 Å². The molecule has 0 aliphatic heterocycles. The summed E-state index contributed by atoms with van der Waals surface area (Å²) in [6.45, 7) is 0. The van der Waals surface area contributed by atoms with E-state index < -0.39 is 17.3 Å². The van der Waals surface area contributed by atoms with E-state index in [0.717, 1.165) is 12.8 Å². The molecule has 112 valence electrons. The van der Waals surface area contributed by atoms with Crippen molar-refractivity contribution < 1.29 is 19.1 Å². The van der Waals surface area contributed by atoms with Crippen molar-refractivity contribution in [2.45, 2.75) is 37.6 Å². The van der Waals surface area contributed by atoms with Crippen molar-refractivity contribution in [2.75, 3.05) is 0 Å². The first kappa shape index (κ1) is 15.2. The number of carboxylic acid groups (broad SMARTS) is 1. The largest absolute Gasteiger partial charge is 0.481 e. The number of carbonyl (C=O) groups is 2. The predicted molar refractivity (Wildman–Crippen MR) is 77.0 cm³/mol. The van der Waals surface area contributed by atoms with Crippen LogP contribution in [0.1, 0.15) is 37.7 Å². The Kier molecular flexibility index (Phi) is 4.73. The molecule has 0 bridgehead atoms. The second-order valence-electron chi connectivity index (χ2n) is 5.40. The lowest BCUT2D eigenvalue weighted by atomic mass is 9.93. The number of rotatable bonds is 5. The number of hydrogen-bond donors (Lipinski definition) is 2. The summed E-state index contributed by atoms with van der Waals surface area (Å²) < 4.78 is 13.4. The molecule has 0 heterocycles. The first-order valence-electron chi connectivity index (χ1n) is 6.97. The van der Waals surface area contributed by atoms with E-state index in [1.807, 2.05) is 0 Å². The van der Waals surface area contributed by atoms with Gasteiger partial charge in [0.25, 0.3) is 0 Å². The summed E-state index contributed by atoms with van der Waals surface area (Å²) in [7, 11) is 0. The van der Waals surface area contributed by atoms with Gasteiger partial charge in [-0.05, 0) is 25.0 Å². The zero-order valence-electron chi connectivity index (χ0n) is 11.6. The van der Waals surface area contributed by atoms with Crippen LogP contribution >= 0.6 is 0 Å². The molecule has 0 radical (unpaired) electrons. The maximum atomic E-state index is 13.4. The van der Waals surface area contributed by atoms with Crippen molar-refractivity contribution in [2.24, 2.45) is 0 Å². The highest BCUT2D eigenvalue weighted by Gasteiger charge is 2.36. The Morgan fingerprint density at radius 3 is 2.57 bits per heavy atom. The molecular formula is C16H18FNO3. The van der Waals surface area contributed by atoms with Crippen LogP contribution in [0.2, 0.25) is 0 Å². The number of carboxylic acids is 1. The number of hydrogen-bond acceptors (Lipinski definition) is 2. The molecule has 0 atom stereocenters. The standard InChI is InChI=1S/C16H18FNO3/c17-13-6-2-1-5-12(13)7-8-14(19)18-16(11-15(20)21)9-3-4-10-16/h1-2,5-8H,3-4,9-11H2,(H,18,19)(H,20,21). The maximum absolute atomic E-state index is 13.4. The Bertz CT molecular complexity index is 562. The average molecular weight is 291 g/mol. The van der Waals surface area contributed by atoms with Crippen LogP contribution < -0.4 is 5.32 Å². The van der Waals surface area contributed by atoms with Crippen molar-refractivity contribution in [3.8, 4) is 0 Å². The molecule has 1 amide bonds. The third-order valence-corrected chi connectivity index (χ3v) is 3.76. The summed E-state index contributed by atoms with van der Waals surface area (Å²) in [6, 6.07) is 6.15.